The van der Waals surface area contributed by atoms with Crippen molar-refractivity contribution in [2.45, 2.75) is 23.0 Å². The van der Waals surface area contributed by atoms with Crippen LogP contribution in [0.1, 0.15) is 17.9 Å². The van der Waals surface area contributed by atoms with Gasteiger partial charge in [0.1, 0.15) is 15.8 Å². The summed E-state index contributed by atoms with van der Waals surface area (Å²) in [4.78, 5) is 25.5. The molecule has 4 nitrogen and oxygen atoms in total. The summed E-state index contributed by atoms with van der Waals surface area (Å²) in [6.07, 6.45) is -0.409. The van der Waals surface area contributed by atoms with Crippen molar-refractivity contribution in [1.82, 2.24) is 0 Å². The fraction of sp³-hybridized carbons (Fsp3) is 0.263. The summed E-state index contributed by atoms with van der Waals surface area (Å²) < 4.78 is 40.5. The Morgan fingerprint density at radius 1 is 1.32 bits per heavy atom. The molecule has 2 aliphatic carbocycles. The molecule has 0 radical (unpaired) electrons. The van der Waals surface area contributed by atoms with Crippen LogP contribution >= 0.6 is 31.9 Å². The number of alkyl halides is 4. The number of carbonyl (C=O) groups is 2. The van der Waals surface area contributed by atoms with E-state index in [1.807, 2.05) is 0 Å². The Morgan fingerprint density at radius 3 is 2.61 bits per heavy atom. The molecule has 0 heterocycles. The molecular weight excluding hydrogens is 509 g/mol. The molecule has 148 valence electrons. The second-order valence-corrected chi connectivity index (χ2v) is 8.55. The molecule has 3 atom stereocenters. The highest BCUT2D eigenvalue weighted by molar-refractivity contribution is 9.12. The van der Waals surface area contributed by atoms with E-state index < -0.39 is 34.1 Å². The summed E-state index contributed by atoms with van der Waals surface area (Å²) in [5.41, 5.74) is 0.516. The summed E-state index contributed by atoms with van der Waals surface area (Å²) in [5, 5.41) is 10.4. The predicted molar refractivity (Wildman–Crippen MR) is 103 cm³/mol. The van der Waals surface area contributed by atoms with E-state index in [2.05, 4.69) is 43.2 Å². The molecule has 0 saturated carbocycles. The summed E-state index contributed by atoms with van der Waals surface area (Å²) in [7, 11) is 0. The third-order valence-corrected chi connectivity index (χ3v) is 6.84. The van der Waals surface area contributed by atoms with Gasteiger partial charge in [-0.1, -0.05) is 34.7 Å². The van der Waals surface area contributed by atoms with Crippen LogP contribution in [0.15, 0.2) is 53.1 Å². The maximum absolute atomic E-state index is 12.9. The quantitative estimate of drug-likeness (QED) is 0.564. The lowest BCUT2D eigenvalue weighted by molar-refractivity contribution is -0.274. The molecule has 0 aromatic heterocycles. The number of allylic oxidation sites excluding steroid dienone is 5. The maximum atomic E-state index is 12.9. The van der Waals surface area contributed by atoms with Gasteiger partial charge in [0.2, 0.25) is 0 Å². The van der Waals surface area contributed by atoms with Crippen LogP contribution in [0, 0.1) is 5.92 Å². The number of benzene rings is 1. The van der Waals surface area contributed by atoms with Crippen LogP contribution in [0.2, 0.25) is 0 Å². The van der Waals surface area contributed by atoms with Gasteiger partial charge < -0.3 is 9.84 Å². The van der Waals surface area contributed by atoms with E-state index in [-0.39, 0.29) is 28.0 Å². The lowest BCUT2D eigenvalue weighted by Crippen LogP contribution is -2.52. The van der Waals surface area contributed by atoms with Crippen molar-refractivity contribution in [3.05, 3.63) is 58.6 Å². The molecule has 3 rings (SSSR count). The number of ether oxygens (including phenoxy) is 1. The van der Waals surface area contributed by atoms with Crippen molar-refractivity contribution >= 4 is 43.4 Å². The lowest BCUT2D eigenvalue weighted by atomic mass is 9.64. The van der Waals surface area contributed by atoms with Gasteiger partial charge in [0, 0.05) is 17.6 Å². The van der Waals surface area contributed by atoms with Crippen LogP contribution in [0.5, 0.6) is 11.5 Å². The molecule has 1 aromatic rings. The van der Waals surface area contributed by atoms with Crippen LogP contribution in [0.25, 0.3) is 0 Å². The predicted octanol–water partition coefficient (Wildman–Crippen LogP) is 5.07. The Balaban J connectivity index is 2.20. The van der Waals surface area contributed by atoms with E-state index in [1.54, 1.807) is 6.08 Å². The van der Waals surface area contributed by atoms with Gasteiger partial charge in [0.05, 0.1) is 10.4 Å². The SMILES string of the molecule is C=CC1=CC[C@H]2C(=O)C(Br)=CC(=O)[C@@]2(Br)[C@H]1c1cc(OC(F)(F)F)ccc1O. The number of fused-ring (bicyclic) bond motifs is 1. The summed E-state index contributed by atoms with van der Waals surface area (Å²) in [6.45, 7) is 3.70. The number of ketones is 2. The largest absolute Gasteiger partial charge is 0.573 e. The number of hydrogen-bond donors (Lipinski definition) is 1. The van der Waals surface area contributed by atoms with Crippen LogP contribution in [0.4, 0.5) is 13.2 Å². The highest BCUT2D eigenvalue weighted by Gasteiger charge is 2.57. The molecule has 1 N–H and O–H groups in total. The van der Waals surface area contributed by atoms with Gasteiger partial charge in [-0.05, 0) is 46.1 Å². The van der Waals surface area contributed by atoms with Gasteiger partial charge in [0.25, 0.3) is 0 Å². The van der Waals surface area contributed by atoms with Crippen molar-refractivity contribution < 1.29 is 32.6 Å². The van der Waals surface area contributed by atoms with Gasteiger partial charge in [-0.15, -0.1) is 13.2 Å². The molecule has 0 unspecified atom stereocenters. The molecule has 0 aliphatic heterocycles. The van der Waals surface area contributed by atoms with E-state index in [4.69, 9.17) is 0 Å². The van der Waals surface area contributed by atoms with E-state index in [9.17, 15) is 27.9 Å². The second kappa shape index (κ2) is 7.18. The number of halogens is 5. The first-order valence-corrected chi connectivity index (χ1v) is 9.63. The standard InChI is InChI=1S/C19H13Br2F3O4/c1-2-9-3-5-12-17(27)13(20)8-15(26)18(12,21)16(9)11-7-10(4-6-14(11)25)28-19(22,23)24/h2-4,6-8,12,16,25H,1,5H2/t12-,16+,18+/m0/s1. The van der Waals surface area contributed by atoms with Crippen LogP contribution in [-0.4, -0.2) is 27.4 Å². The van der Waals surface area contributed by atoms with Gasteiger partial charge in [-0.2, -0.15) is 0 Å². The Kier molecular flexibility index (Phi) is 5.35. The van der Waals surface area contributed by atoms with Crippen LogP contribution < -0.4 is 4.74 Å². The minimum absolute atomic E-state index is 0.0158. The van der Waals surface area contributed by atoms with Crippen LogP contribution in [0.3, 0.4) is 0 Å². The molecule has 2 aliphatic rings. The molecule has 0 saturated heterocycles. The van der Waals surface area contributed by atoms with E-state index in [0.29, 0.717) is 5.57 Å². The summed E-state index contributed by atoms with van der Waals surface area (Å²) in [5.74, 6) is -3.40. The van der Waals surface area contributed by atoms with Crippen LogP contribution in [-0.2, 0) is 9.59 Å². The average molecular weight is 522 g/mol. The number of Topliss-reactive ketones (excluding diaryl/α,β-unsaturated/α-hetero) is 1. The first-order valence-electron chi connectivity index (χ1n) is 8.05. The molecular formula is C19H13Br2F3O4. The molecule has 0 spiro atoms. The summed E-state index contributed by atoms with van der Waals surface area (Å²) >= 11 is 6.49. The fourth-order valence-electron chi connectivity index (χ4n) is 3.63. The third-order valence-electron chi connectivity index (χ3n) is 4.82. The second-order valence-electron chi connectivity index (χ2n) is 6.39. The van der Waals surface area contributed by atoms with Gasteiger partial charge in [-0.25, -0.2) is 0 Å². The minimum atomic E-state index is -4.92. The monoisotopic (exact) mass is 520 g/mol. The summed E-state index contributed by atoms with van der Waals surface area (Å²) in [6, 6.07) is 3.04. The normalized spacial score (nSPS) is 27.6. The topological polar surface area (TPSA) is 63.6 Å². The first-order chi connectivity index (χ1) is 13.0. The average Bonchev–Trinajstić information content (AvgIpc) is 2.60. The van der Waals surface area contributed by atoms with Gasteiger partial charge >= 0.3 is 6.36 Å². The number of carbonyl (C=O) groups excluding carboxylic acids is 2. The zero-order valence-corrected chi connectivity index (χ0v) is 17.3. The molecule has 1 aromatic carbocycles. The Hall–Kier alpha value is -1.87. The zero-order chi connectivity index (χ0) is 20.9. The van der Waals surface area contributed by atoms with Crippen molar-refractivity contribution in [2.75, 3.05) is 0 Å². The number of rotatable bonds is 3. The van der Waals surface area contributed by atoms with Crippen molar-refractivity contribution in [3.8, 4) is 11.5 Å². The van der Waals surface area contributed by atoms with Crippen molar-refractivity contribution in [2.24, 2.45) is 5.92 Å². The lowest BCUT2D eigenvalue weighted by Gasteiger charge is -2.45. The molecule has 0 bridgehead atoms. The highest BCUT2D eigenvalue weighted by atomic mass is 79.9. The first kappa shape index (κ1) is 20.9. The molecule has 0 amide bonds. The van der Waals surface area contributed by atoms with Crippen molar-refractivity contribution in [1.29, 1.82) is 0 Å². The smallest absolute Gasteiger partial charge is 0.508 e. The number of aromatic hydroxyl groups is 1. The van der Waals surface area contributed by atoms with E-state index in [1.165, 1.54) is 6.08 Å². The fourth-order valence-corrected chi connectivity index (χ4v) is 5.13. The van der Waals surface area contributed by atoms with E-state index >= 15 is 0 Å². The number of hydrogen-bond acceptors (Lipinski definition) is 4. The number of phenolic OH excluding ortho intramolecular Hbond substituents is 1. The molecule has 9 heteroatoms. The molecule has 0 fully saturated rings. The molecule has 28 heavy (non-hydrogen) atoms. The van der Waals surface area contributed by atoms with Gasteiger partial charge in [0.15, 0.2) is 11.6 Å². The zero-order valence-electron chi connectivity index (χ0n) is 14.1. The number of phenols is 1. The van der Waals surface area contributed by atoms with Gasteiger partial charge in [-0.3, -0.25) is 9.59 Å². The Morgan fingerprint density at radius 2 is 2.00 bits per heavy atom. The maximum Gasteiger partial charge on any atom is 0.573 e. The Bertz CT molecular complexity index is 936. The minimum Gasteiger partial charge on any atom is -0.508 e. The van der Waals surface area contributed by atoms with Crippen molar-refractivity contribution in [3.63, 3.8) is 0 Å². The third kappa shape index (κ3) is 3.45. The van der Waals surface area contributed by atoms with E-state index in [0.717, 1.165) is 24.3 Å². The highest BCUT2D eigenvalue weighted by Crippen LogP contribution is 2.56. The Labute approximate surface area is 175 Å².